The van der Waals surface area contributed by atoms with Crippen molar-refractivity contribution in [2.24, 2.45) is 0 Å². The maximum atomic E-state index is 6.66. The molecule has 0 N–H and O–H groups in total. The van der Waals surface area contributed by atoms with Crippen molar-refractivity contribution in [3.8, 4) is 0 Å². The van der Waals surface area contributed by atoms with E-state index in [2.05, 4.69) is 36.4 Å². The highest BCUT2D eigenvalue weighted by atomic mass is 35.5. The molecule has 1 aliphatic heterocycles. The molecular weight excluding hydrogens is 528 g/mol. The Morgan fingerprint density at radius 1 is 0.590 bits per heavy atom. The molecule has 0 saturated carbocycles. The Kier molecular flexibility index (Phi) is 10.1. The predicted octanol–water partition coefficient (Wildman–Crippen LogP) is 7.93. The van der Waals surface area contributed by atoms with Gasteiger partial charge in [-0.05, 0) is 35.7 Å². The summed E-state index contributed by atoms with van der Waals surface area (Å²) in [5.41, 5.74) is 2.93. The lowest BCUT2D eigenvalue weighted by molar-refractivity contribution is -0.242. The second-order valence-corrected chi connectivity index (χ2v) is 11.1. The molecule has 0 bridgehead atoms. The van der Waals surface area contributed by atoms with E-state index >= 15 is 0 Å². The SMILES string of the molecule is C[C@H]1O[C@@H](Sc2ccccc2Cl)[C@H](OCc2ccccc2)[C@@H](OCc2ccccc2)[C@H]1OCc1ccccc1. The van der Waals surface area contributed by atoms with E-state index in [0.717, 1.165) is 21.6 Å². The number of halogens is 1. The van der Waals surface area contributed by atoms with Crippen LogP contribution in [0.3, 0.4) is 0 Å². The number of ether oxygens (including phenoxy) is 4. The Hall–Kier alpha value is -2.64. The predicted molar refractivity (Wildman–Crippen MR) is 157 cm³/mol. The minimum Gasteiger partial charge on any atom is -0.368 e. The molecular formula is C33H33ClO4S. The van der Waals surface area contributed by atoms with Gasteiger partial charge in [0, 0.05) is 4.90 Å². The Balaban J connectivity index is 1.43. The summed E-state index contributed by atoms with van der Waals surface area (Å²) in [6.45, 7) is 3.37. The summed E-state index contributed by atoms with van der Waals surface area (Å²) in [4.78, 5) is 0.940. The Morgan fingerprint density at radius 3 is 1.54 bits per heavy atom. The van der Waals surface area contributed by atoms with Crippen molar-refractivity contribution in [3.05, 3.63) is 137 Å². The third-order valence-corrected chi connectivity index (χ3v) is 8.33. The van der Waals surface area contributed by atoms with Gasteiger partial charge in [-0.15, -0.1) is 0 Å². The van der Waals surface area contributed by atoms with Gasteiger partial charge in [0.05, 0.1) is 30.9 Å². The van der Waals surface area contributed by atoms with Crippen LogP contribution in [-0.2, 0) is 38.8 Å². The monoisotopic (exact) mass is 560 g/mol. The summed E-state index contributed by atoms with van der Waals surface area (Å²) >= 11 is 8.12. The first-order chi connectivity index (χ1) is 19.2. The first kappa shape index (κ1) is 27.9. The quantitative estimate of drug-likeness (QED) is 0.186. The third-order valence-electron chi connectivity index (χ3n) is 6.66. The second kappa shape index (κ2) is 14.1. The highest BCUT2D eigenvalue weighted by Crippen LogP contribution is 2.40. The fourth-order valence-electron chi connectivity index (χ4n) is 4.63. The number of benzene rings is 4. The fourth-order valence-corrected chi connectivity index (χ4v) is 6.08. The molecule has 0 amide bonds. The zero-order chi connectivity index (χ0) is 26.9. The first-order valence-corrected chi connectivity index (χ1v) is 14.5. The van der Waals surface area contributed by atoms with E-state index in [-0.39, 0.29) is 23.7 Å². The van der Waals surface area contributed by atoms with Crippen LogP contribution in [0.25, 0.3) is 0 Å². The molecule has 0 aromatic heterocycles. The van der Waals surface area contributed by atoms with Gasteiger partial charge in [-0.3, -0.25) is 0 Å². The highest BCUT2D eigenvalue weighted by Gasteiger charge is 2.47. The van der Waals surface area contributed by atoms with Crippen LogP contribution in [0.5, 0.6) is 0 Å². The molecule has 4 aromatic rings. The summed E-state index contributed by atoms with van der Waals surface area (Å²) in [6.07, 6.45) is -1.35. The van der Waals surface area contributed by atoms with Crippen molar-refractivity contribution in [2.45, 2.75) is 61.5 Å². The average Bonchev–Trinajstić information content (AvgIpc) is 2.98. The molecule has 1 aliphatic rings. The smallest absolute Gasteiger partial charge is 0.137 e. The molecule has 0 aliphatic carbocycles. The van der Waals surface area contributed by atoms with Gasteiger partial charge in [0.2, 0.25) is 0 Å². The molecule has 0 unspecified atom stereocenters. The lowest BCUT2D eigenvalue weighted by Crippen LogP contribution is -2.58. The van der Waals surface area contributed by atoms with Gasteiger partial charge >= 0.3 is 0 Å². The van der Waals surface area contributed by atoms with E-state index in [1.165, 1.54) is 0 Å². The van der Waals surface area contributed by atoms with Gasteiger partial charge in [0.1, 0.15) is 23.7 Å². The lowest BCUT2D eigenvalue weighted by atomic mass is 9.99. The molecule has 5 atom stereocenters. The molecule has 4 nitrogen and oxygen atoms in total. The summed E-state index contributed by atoms with van der Waals surface area (Å²) in [5, 5.41) is 0.685. The van der Waals surface area contributed by atoms with Crippen molar-refractivity contribution >= 4 is 23.4 Å². The van der Waals surface area contributed by atoms with Gasteiger partial charge in [0.15, 0.2) is 0 Å². The number of thioether (sulfide) groups is 1. The van der Waals surface area contributed by atoms with Crippen LogP contribution in [0.15, 0.2) is 120 Å². The molecule has 5 rings (SSSR count). The normalized spacial score (nSPS) is 23.0. The minimum absolute atomic E-state index is 0.231. The topological polar surface area (TPSA) is 36.9 Å². The molecule has 1 saturated heterocycles. The standard InChI is InChI=1S/C33H33ClO4S/c1-24-30(35-21-25-13-5-2-6-14-25)31(36-22-26-15-7-3-8-16-26)32(37-23-27-17-9-4-10-18-27)33(38-24)39-29-20-12-11-19-28(29)34/h2-20,24,30-33H,21-23H2,1H3/t24-,30+,31+,32-,33+/m1/s1. The van der Waals surface area contributed by atoms with E-state index in [4.69, 9.17) is 30.5 Å². The molecule has 0 spiro atoms. The molecule has 1 heterocycles. The Bertz CT molecular complexity index is 1270. The average molecular weight is 561 g/mol. The van der Waals surface area contributed by atoms with Crippen molar-refractivity contribution in [2.75, 3.05) is 0 Å². The van der Waals surface area contributed by atoms with E-state index in [1.54, 1.807) is 11.8 Å². The van der Waals surface area contributed by atoms with Crippen LogP contribution in [0.2, 0.25) is 5.02 Å². The van der Waals surface area contributed by atoms with Gasteiger partial charge in [-0.2, -0.15) is 0 Å². The van der Waals surface area contributed by atoms with Crippen LogP contribution in [0, 0.1) is 0 Å². The van der Waals surface area contributed by atoms with Crippen LogP contribution in [0.1, 0.15) is 23.6 Å². The lowest BCUT2D eigenvalue weighted by Gasteiger charge is -2.45. The number of hydrogen-bond acceptors (Lipinski definition) is 5. The summed E-state index contributed by atoms with van der Waals surface area (Å²) in [5.74, 6) is 0. The summed E-state index contributed by atoms with van der Waals surface area (Å²) in [7, 11) is 0. The van der Waals surface area contributed by atoms with Crippen LogP contribution in [-0.4, -0.2) is 29.9 Å². The molecule has 39 heavy (non-hydrogen) atoms. The van der Waals surface area contributed by atoms with Crippen molar-refractivity contribution in [3.63, 3.8) is 0 Å². The first-order valence-electron chi connectivity index (χ1n) is 13.2. The molecule has 0 radical (unpaired) electrons. The van der Waals surface area contributed by atoms with Gasteiger partial charge in [-0.1, -0.05) is 126 Å². The molecule has 202 valence electrons. The third kappa shape index (κ3) is 7.73. The van der Waals surface area contributed by atoms with E-state index in [0.29, 0.717) is 24.8 Å². The van der Waals surface area contributed by atoms with Gasteiger partial charge < -0.3 is 18.9 Å². The molecule has 6 heteroatoms. The van der Waals surface area contributed by atoms with Crippen molar-refractivity contribution in [1.82, 2.24) is 0 Å². The van der Waals surface area contributed by atoms with E-state index < -0.39 is 6.10 Å². The maximum Gasteiger partial charge on any atom is 0.137 e. The Labute approximate surface area is 240 Å². The highest BCUT2D eigenvalue weighted by molar-refractivity contribution is 8.00. The van der Waals surface area contributed by atoms with E-state index in [1.807, 2.05) is 85.8 Å². The summed E-state index contributed by atoms with van der Waals surface area (Å²) < 4.78 is 26.4. The number of rotatable bonds is 11. The van der Waals surface area contributed by atoms with Crippen molar-refractivity contribution < 1.29 is 18.9 Å². The summed E-state index contributed by atoms with van der Waals surface area (Å²) in [6, 6.07) is 38.3. The zero-order valence-electron chi connectivity index (χ0n) is 21.9. The van der Waals surface area contributed by atoms with Crippen LogP contribution >= 0.6 is 23.4 Å². The zero-order valence-corrected chi connectivity index (χ0v) is 23.5. The van der Waals surface area contributed by atoms with E-state index in [9.17, 15) is 0 Å². The second-order valence-electron chi connectivity index (χ2n) is 9.54. The molecule has 1 fully saturated rings. The van der Waals surface area contributed by atoms with Gasteiger partial charge in [-0.25, -0.2) is 0 Å². The Morgan fingerprint density at radius 2 is 1.03 bits per heavy atom. The molecule has 4 aromatic carbocycles. The number of hydrogen-bond donors (Lipinski definition) is 0. The van der Waals surface area contributed by atoms with Crippen LogP contribution in [0.4, 0.5) is 0 Å². The minimum atomic E-state index is -0.410. The van der Waals surface area contributed by atoms with Gasteiger partial charge in [0.25, 0.3) is 0 Å². The largest absolute Gasteiger partial charge is 0.368 e. The van der Waals surface area contributed by atoms with Crippen LogP contribution < -0.4 is 0 Å². The maximum absolute atomic E-state index is 6.66. The fraction of sp³-hybridized carbons (Fsp3) is 0.273. The van der Waals surface area contributed by atoms with Crippen molar-refractivity contribution in [1.29, 1.82) is 0 Å².